The molecule has 2 aromatic carbocycles. The maximum Gasteiger partial charge on any atom is 0.419 e. The summed E-state index contributed by atoms with van der Waals surface area (Å²) >= 11 is 0. The molecular weight excluding hydrogens is 491 g/mol. The summed E-state index contributed by atoms with van der Waals surface area (Å²) < 4.78 is 52.5. The van der Waals surface area contributed by atoms with Gasteiger partial charge >= 0.3 is 6.18 Å². The van der Waals surface area contributed by atoms with E-state index in [1.54, 1.807) is 6.07 Å². The van der Waals surface area contributed by atoms with Crippen LogP contribution in [0.1, 0.15) is 87.8 Å². The summed E-state index contributed by atoms with van der Waals surface area (Å²) in [6.07, 6.45) is 7.05. The molecule has 38 heavy (non-hydrogen) atoms. The van der Waals surface area contributed by atoms with E-state index < -0.39 is 17.3 Å². The van der Waals surface area contributed by atoms with Crippen LogP contribution < -0.4 is 10.5 Å². The third-order valence-electron chi connectivity index (χ3n) is 6.82. The summed E-state index contributed by atoms with van der Waals surface area (Å²) in [6.45, 7) is 2.86. The van der Waals surface area contributed by atoms with Crippen molar-refractivity contribution in [2.45, 2.75) is 95.7 Å². The monoisotopic (exact) mass is 537 g/mol. The van der Waals surface area contributed by atoms with Crippen LogP contribution in [0.15, 0.2) is 48.5 Å². The Morgan fingerprint density at radius 1 is 0.789 bits per heavy atom. The van der Waals surface area contributed by atoms with Crippen molar-refractivity contribution in [1.82, 2.24) is 0 Å². The highest BCUT2D eigenvalue weighted by atomic mass is 19.4. The van der Waals surface area contributed by atoms with Gasteiger partial charge in [0.2, 0.25) is 0 Å². The smallest absolute Gasteiger partial charge is 0.419 e. The molecule has 0 amide bonds. The van der Waals surface area contributed by atoms with Gasteiger partial charge in [-0.1, -0.05) is 88.3 Å². The van der Waals surface area contributed by atoms with Crippen LogP contribution >= 0.6 is 0 Å². The van der Waals surface area contributed by atoms with E-state index >= 15 is 0 Å². The topological polar surface area (TPSA) is 64.7 Å². The van der Waals surface area contributed by atoms with Crippen LogP contribution in [-0.2, 0) is 23.8 Å². The van der Waals surface area contributed by atoms with Gasteiger partial charge in [-0.3, -0.25) is 0 Å². The van der Waals surface area contributed by atoms with Crippen molar-refractivity contribution in [3.63, 3.8) is 0 Å². The van der Waals surface area contributed by atoms with Crippen molar-refractivity contribution in [2.75, 3.05) is 26.4 Å². The van der Waals surface area contributed by atoms with E-state index in [1.165, 1.54) is 44.6 Å². The molecular formula is C31H46F3NO3. The van der Waals surface area contributed by atoms with Crippen LogP contribution in [0.25, 0.3) is 0 Å². The van der Waals surface area contributed by atoms with Crippen molar-refractivity contribution in [1.29, 1.82) is 0 Å². The molecule has 2 aromatic rings. The molecule has 0 fully saturated rings. The lowest BCUT2D eigenvalue weighted by Gasteiger charge is -2.27. The van der Waals surface area contributed by atoms with Gasteiger partial charge in [0.1, 0.15) is 5.75 Å². The maximum atomic E-state index is 13.7. The van der Waals surface area contributed by atoms with E-state index in [1.807, 2.05) is 30.3 Å². The van der Waals surface area contributed by atoms with E-state index in [9.17, 15) is 18.3 Å². The zero-order valence-corrected chi connectivity index (χ0v) is 22.9. The van der Waals surface area contributed by atoms with E-state index in [0.717, 1.165) is 30.9 Å². The first-order valence-electron chi connectivity index (χ1n) is 14.1. The molecule has 4 nitrogen and oxygen atoms in total. The van der Waals surface area contributed by atoms with E-state index in [-0.39, 0.29) is 25.6 Å². The molecule has 1 atom stereocenters. The average molecular weight is 538 g/mol. The molecule has 1 unspecified atom stereocenters. The number of hydrogen-bond donors (Lipinski definition) is 2. The average Bonchev–Trinajstić information content (AvgIpc) is 2.91. The SMILES string of the molecule is CCCCCCCCCCOCC(N)(CO)CCc1ccc(OCCCc2ccccc2)c(C(F)(F)F)c1. The van der Waals surface area contributed by atoms with E-state index in [4.69, 9.17) is 15.2 Å². The van der Waals surface area contributed by atoms with Gasteiger partial charge in [-0.05, 0) is 55.4 Å². The van der Waals surface area contributed by atoms with Crippen LogP contribution in [0.3, 0.4) is 0 Å². The third kappa shape index (κ3) is 12.6. The quantitative estimate of drug-likeness (QED) is 0.172. The van der Waals surface area contributed by atoms with E-state index in [2.05, 4.69) is 6.92 Å². The second-order valence-electron chi connectivity index (χ2n) is 10.3. The van der Waals surface area contributed by atoms with Crippen molar-refractivity contribution in [3.05, 3.63) is 65.2 Å². The van der Waals surface area contributed by atoms with Crippen LogP contribution in [0.2, 0.25) is 0 Å². The van der Waals surface area contributed by atoms with Gasteiger partial charge in [0, 0.05) is 6.61 Å². The number of aliphatic hydroxyl groups excluding tert-OH is 1. The third-order valence-corrected chi connectivity index (χ3v) is 6.82. The predicted molar refractivity (Wildman–Crippen MR) is 147 cm³/mol. The fourth-order valence-electron chi connectivity index (χ4n) is 4.39. The van der Waals surface area contributed by atoms with Crippen LogP contribution in [0, 0.1) is 0 Å². The first-order chi connectivity index (χ1) is 18.3. The number of ether oxygens (including phenoxy) is 2. The number of benzene rings is 2. The number of unbranched alkanes of at least 4 members (excludes halogenated alkanes) is 7. The lowest BCUT2D eigenvalue weighted by atomic mass is 9.93. The largest absolute Gasteiger partial charge is 0.493 e. The van der Waals surface area contributed by atoms with Crippen LogP contribution in [0.4, 0.5) is 13.2 Å². The van der Waals surface area contributed by atoms with Gasteiger partial charge < -0.3 is 20.3 Å². The Hall–Kier alpha value is -2.09. The number of rotatable bonds is 20. The summed E-state index contributed by atoms with van der Waals surface area (Å²) in [6, 6.07) is 13.9. The minimum atomic E-state index is -4.53. The molecule has 0 saturated heterocycles. The molecule has 0 heterocycles. The highest BCUT2D eigenvalue weighted by Crippen LogP contribution is 2.37. The van der Waals surface area contributed by atoms with Crippen molar-refractivity contribution >= 4 is 0 Å². The zero-order chi connectivity index (χ0) is 27.7. The number of halogens is 3. The molecule has 0 aliphatic rings. The minimum absolute atomic E-state index is 0.163. The molecule has 214 valence electrons. The van der Waals surface area contributed by atoms with Gasteiger partial charge in [0.25, 0.3) is 0 Å². The first kappa shape index (κ1) is 32.1. The Bertz CT molecular complexity index is 892. The summed E-state index contributed by atoms with van der Waals surface area (Å²) in [5.74, 6) is -0.163. The molecule has 0 radical (unpaired) electrons. The number of alkyl halides is 3. The van der Waals surface area contributed by atoms with Crippen LogP contribution in [0.5, 0.6) is 5.75 Å². The number of nitrogens with two attached hydrogens (primary N) is 1. The number of aliphatic hydroxyl groups is 1. The predicted octanol–water partition coefficient (Wildman–Crippen LogP) is 7.50. The summed E-state index contributed by atoms with van der Waals surface area (Å²) in [5, 5.41) is 9.83. The fraction of sp³-hybridized carbons (Fsp3) is 0.613. The summed E-state index contributed by atoms with van der Waals surface area (Å²) in [4.78, 5) is 0. The van der Waals surface area contributed by atoms with E-state index in [0.29, 0.717) is 31.4 Å². The molecule has 0 bridgehead atoms. The Balaban J connectivity index is 1.78. The van der Waals surface area contributed by atoms with Gasteiger partial charge in [0.15, 0.2) is 0 Å². The molecule has 2 rings (SSSR count). The van der Waals surface area contributed by atoms with Gasteiger partial charge in [-0.25, -0.2) is 0 Å². The molecule has 0 aliphatic carbocycles. The molecule has 7 heteroatoms. The molecule has 0 aliphatic heterocycles. The van der Waals surface area contributed by atoms with Crippen LogP contribution in [-0.4, -0.2) is 37.1 Å². The zero-order valence-electron chi connectivity index (χ0n) is 22.9. The van der Waals surface area contributed by atoms with Crippen molar-refractivity contribution in [2.24, 2.45) is 5.73 Å². The highest BCUT2D eigenvalue weighted by Gasteiger charge is 2.35. The Kier molecular flexibility index (Phi) is 14.8. The second kappa shape index (κ2) is 17.5. The standard InChI is InChI=1S/C31H46F3NO3/c1-2-3-4-5-6-7-8-12-21-37-25-30(35,24-36)20-19-27-17-18-29(28(23-27)31(32,33)34)38-22-13-16-26-14-10-9-11-15-26/h9-11,14-15,17-18,23,36H,2-8,12-13,16,19-22,24-25,35H2,1H3. The number of hydrogen-bond acceptors (Lipinski definition) is 4. The molecule has 0 saturated carbocycles. The number of aryl methyl sites for hydroxylation is 2. The minimum Gasteiger partial charge on any atom is -0.493 e. The van der Waals surface area contributed by atoms with Crippen molar-refractivity contribution in [3.8, 4) is 5.75 Å². The Morgan fingerprint density at radius 2 is 1.47 bits per heavy atom. The molecule has 3 N–H and O–H groups in total. The van der Waals surface area contributed by atoms with Gasteiger partial charge in [-0.15, -0.1) is 0 Å². The highest BCUT2D eigenvalue weighted by molar-refractivity contribution is 5.39. The Morgan fingerprint density at radius 3 is 2.13 bits per heavy atom. The normalized spacial score (nSPS) is 13.4. The molecule has 0 aromatic heterocycles. The summed E-state index contributed by atoms with van der Waals surface area (Å²) in [5.41, 5.74) is 6.16. The first-order valence-corrected chi connectivity index (χ1v) is 14.1. The summed E-state index contributed by atoms with van der Waals surface area (Å²) in [7, 11) is 0. The molecule has 0 spiro atoms. The lowest BCUT2D eigenvalue weighted by Crippen LogP contribution is -2.48. The fourth-order valence-corrected chi connectivity index (χ4v) is 4.39. The van der Waals surface area contributed by atoms with Gasteiger partial charge in [-0.2, -0.15) is 13.2 Å². The second-order valence-corrected chi connectivity index (χ2v) is 10.3. The Labute approximate surface area is 226 Å². The maximum absolute atomic E-state index is 13.7. The van der Waals surface area contributed by atoms with Crippen molar-refractivity contribution < 1.29 is 27.8 Å². The van der Waals surface area contributed by atoms with Gasteiger partial charge in [0.05, 0.1) is 30.9 Å². The lowest BCUT2D eigenvalue weighted by molar-refractivity contribution is -0.139.